The molecule has 0 radical (unpaired) electrons. The van der Waals surface area contributed by atoms with Crippen molar-refractivity contribution in [1.29, 1.82) is 0 Å². The standard InChI is InChI=1S/C19H29N2O.ClH/c1-5-20(13-14-21(3,4)15-16(2)22)19-12-8-10-17-9-6-7-11-18(17)19;/h6-12,16,22H,5,13-15H2,1-4H3;1H/q+1;/p-1. The van der Waals surface area contributed by atoms with Gasteiger partial charge in [-0.25, -0.2) is 0 Å². The van der Waals surface area contributed by atoms with Gasteiger partial charge in [0, 0.05) is 17.6 Å². The van der Waals surface area contributed by atoms with Crippen LogP contribution in [0.2, 0.25) is 0 Å². The molecular weight excluding hydrogens is 308 g/mol. The minimum Gasteiger partial charge on any atom is -1.00 e. The number of anilines is 1. The van der Waals surface area contributed by atoms with Crippen LogP contribution in [0.4, 0.5) is 5.69 Å². The minimum absolute atomic E-state index is 0. The average molecular weight is 337 g/mol. The first kappa shape index (κ1) is 19.8. The van der Waals surface area contributed by atoms with Crippen LogP contribution in [0, 0.1) is 0 Å². The summed E-state index contributed by atoms with van der Waals surface area (Å²) in [7, 11) is 4.37. The molecule has 128 valence electrons. The zero-order valence-electron chi connectivity index (χ0n) is 14.7. The summed E-state index contributed by atoms with van der Waals surface area (Å²) in [4.78, 5) is 2.43. The lowest BCUT2D eigenvalue weighted by Crippen LogP contribution is -3.00. The van der Waals surface area contributed by atoms with Crippen molar-refractivity contribution in [2.24, 2.45) is 0 Å². The van der Waals surface area contributed by atoms with Crippen LogP contribution < -0.4 is 17.3 Å². The van der Waals surface area contributed by atoms with Crippen molar-refractivity contribution in [1.82, 2.24) is 0 Å². The van der Waals surface area contributed by atoms with Crippen LogP contribution in [0.1, 0.15) is 13.8 Å². The number of nitrogens with zero attached hydrogens (tertiary/aromatic N) is 2. The van der Waals surface area contributed by atoms with E-state index in [1.165, 1.54) is 16.5 Å². The van der Waals surface area contributed by atoms with Gasteiger partial charge in [-0.3, -0.25) is 0 Å². The Kier molecular flexibility index (Phi) is 7.33. The molecule has 0 heterocycles. The van der Waals surface area contributed by atoms with Crippen LogP contribution in [-0.2, 0) is 0 Å². The molecule has 0 amide bonds. The highest BCUT2D eigenvalue weighted by molar-refractivity contribution is 5.94. The molecule has 0 aliphatic heterocycles. The number of rotatable bonds is 7. The third-order valence-corrected chi connectivity index (χ3v) is 4.22. The lowest BCUT2D eigenvalue weighted by molar-refractivity contribution is -0.891. The second kappa shape index (κ2) is 8.53. The van der Waals surface area contributed by atoms with E-state index in [0.29, 0.717) is 0 Å². The summed E-state index contributed by atoms with van der Waals surface area (Å²) >= 11 is 0. The fourth-order valence-electron chi connectivity index (χ4n) is 3.13. The Balaban J connectivity index is 0.00000264. The van der Waals surface area contributed by atoms with Crippen LogP contribution in [0.15, 0.2) is 42.5 Å². The quantitative estimate of drug-likeness (QED) is 0.726. The number of benzene rings is 2. The highest BCUT2D eigenvalue weighted by atomic mass is 35.5. The average Bonchev–Trinajstić information content (AvgIpc) is 2.46. The van der Waals surface area contributed by atoms with E-state index in [1.54, 1.807) is 0 Å². The monoisotopic (exact) mass is 336 g/mol. The van der Waals surface area contributed by atoms with E-state index < -0.39 is 0 Å². The normalized spacial score (nSPS) is 12.7. The summed E-state index contributed by atoms with van der Waals surface area (Å²) < 4.78 is 0.832. The van der Waals surface area contributed by atoms with E-state index in [1.807, 2.05) is 6.92 Å². The van der Waals surface area contributed by atoms with Crippen LogP contribution in [0.25, 0.3) is 10.8 Å². The zero-order valence-corrected chi connectivity index (χ0v) is 15.4. The number of aliphatic hydroxyl groups is 1. The molecule has 0 saturated carbocycles. The van der Waals surface area contributed by atoms with Crippen LogP contribution in [0.5, 0.6) is 0 Å². The predicted molar refractivity (Wildman–Crippen MR) is 95.4 cm³/mol. The highest BCUT2D eigenvalue weighted by Gasteiger charge is 2.19. The number of aliphatic hydroxyl groups excluding tert-OH is 1. The topological polar surface area (TPSA) is 23.5 Å². The van der Waals surface area contributed by atoms with E-state index in [2.05, 4.69) is 68.4 Å². The van der Waals surface area contributed by atoms with Gasteiger partial charge in [0.25, 0.3) is 0 Å². The van der Waals surface area contributed by atoms with Gasteiger partial charge in [-0.2, -0.15) is 0 Å². The number of likely N-dealkylation sites (N-methyl/N-ethyl adjacent to an activating group) is 2. The SMILES string of the molecule is CCN(CC[N+](C)(C)CC(C)O)c1cccc2ccccc12.[Cl-]. The lowest BCUT2D eigenvalue weighted by atomic mass is 10.1. The number of halogens is 1. The smallest absolute Gasteiger partial charge is 0.104 e. The van der Waals surface area contributed by atoms with Gasteiger partial charge < -0.3 is 26.9 Å². The molecule has 3 nitrogen and oxygen atoms in total. The fraction of sp³-hybridized carbons (Fsp3) is 0.474. The number of hydrogen-bond donors (Lipinski definition) is 1. The molecule has 1 unspecified atom stereocenters. The van der Waals surface area contributed by atoms with E-state index >= 15 is 0 Å². The van der Waals surface area contributed by atoms with Crippen molar-refractivity contribution < 1.29 is 22.0 Å². The summed E-state index contributed by atoms with van der Waals surface area (Å²) in [6, 6.07) is 15.1. The van der Waals surface area contributed by atoms with Crippen LogP contribution >= 0.6 is 0 Å². The molecule has 2 aromatic rings. The molecule has 1 atom stereocenters. The Morgan fingerprint density at radius 3 is 2.39 bits per heavy atom. The van der Waals surface area contributed by atoms with Crippen molar-refractivity contribution >= 4 is 16.5 Å². The molecule has 23 heavy (non-hydrogen) atoms. The first-order valence-electron chi connectivity index (χ1n) is 8.16. The summed E-state index contributed by atoms with van der Waals surface area (Å²) in [5.41, 5.74) is 1.30. The maximum absolute atomic E-state index is 9.64. The van der Waals surface area contributed by atoms with Crippen molar-refractivity contribution in [3.05, 3.63) is 42.5 Å². The Labute approximate surface area is 146 Å². The number of fused-ring (bicyclic) bond motifs is 1. The first-order valence-corrected chi connectivity index (χ1v) is 8.16. The number of quaternary nitrogens is 1. The van der Waals surface area contributed by atoms with E-state index in [4.69, 9.17) is 0 Å². The van der Waals surface area contributed by atoms with Gasteiger partial charge >= 0.3 is 0 Å². The van der Waals surface area contributed by atoms with Crippen molar-refractivity contribution in [2.75, 3.05) is 45.2 Å². The van der Waals surface area contributed by atoms with E-state index in [9.17, 15) is 5.11 Å². The second-order valence-electron chi connectivity index (χ2n) is 6.77. The molecule has 1 N–H and O–H groups in total. The predicted octanol–water partition coefficient (Wildman–Crippen LogP) is 0.127. The minimum atomic E-state index is -0.261. The highest BCUT2D eigenvalue weighted by Crippen LogP contribution is 2.26. The Morgan fingerprint density at radius 1 is 1.09 bits per heavy atom. The van der Waals surface area contributed by atoms with Crippen LogP contribution in [-0.4, -0.2) is 56.0 Å². The molecule has 0 fully saturated rings. The van der Waals surface area contributed by atoms with Crippen molar-refractivity contribution in [3.63, 3.8) is 0 Å². The molecule has 4 heteroatoms. The molecule has 2 aromatic carbocycles. The van der Waals surface area contributed by atoms with Gasteiger partial charge in [-0.1, -0.05) is 36.4 Å². The summed E-state index contributed by atoms with van der Waals surface area (Å²) in [6.07, 6.45) is -0.261. The summed E-state index contributed by atoms with van der Waals surface area (Å²) in [5, 5.41) is 12.2. The summed E-state index contributed by atoms with van der Waals surface area (Å²) in [5.74, 6) is 0. The maximum atomic E-state index is 9.64. The van der Waals surface area contributed by atoms with Gasteiger partial charge in [0.15, 0.2) is 0 Å². The number of hydrogen-bond acceptors (Lipinski definition) is 2. The first-order chi connectivity index (χ1) is 10.4. The Bertz CT molecular complexity index is 608. The third kappa shape index (κ3) is 5.38. The molecule has 0 saturated heterocycles. The van der Waals surface area contributed by atoms with Gasteiger partial charge in [-0.05, 0) is 25.3 Å². The van der Waals surface area contributed by atoms with Crippen molar-refractivity contribution in [2.45, 2.75) is 20.0 Å². The van der Waals surface area contributed by atoms with Gasteiger partial charge in [0.05, 0.1) is 27.2 Å². The molecule has 0 aliphatic rings. The van der Waals surface area contributed by atoms with Gasteiger partial charge in [0.2, 0.25) is 0 Å². The largest absolute Gasteiger partial charge is 1.00 e. The maximum Gasteiger partial charge on any atom is 0.104 e. The molecule has 0 aromatic heterocycles. The molecule has 0 spiro atoms. The summed E-state index contributed by atoms with van der Waals surface area (Å²) in [6.45, 7) is 7.85. The van der Waals surface area contributed by atoms with Crippen molar-refractivity contribution in [3.8, 4) is 0 Å². The second-order valence-corrected chi connectivity index (χ2v) is 6.77. The van der Waals surface area contributed by atoms with Gasteiger partial charge in [-0.15, -0.1) is 0 Å². The molecule has 0 aliphatic carbocycles. The molecular formula is C19H29ClN2O. The molecule has 0 bridgehead atoms. The fourth-order valence-corrected chi connectivity index (χ4v) is 3.13. The van der Waals surface area contributed by atoms with E-state index in [0.717, 1.165) is 30.7 Å². The van der Waals surface area contributed by atoms with Crippen LogP contribution in [0.3, 0.4) is 0 Å². The molecule has 2 rings (SSSR count). The lowest BCUT2D eigenvalue weighted by Gasteiger charge is -2.34. The Hall–Kier alpha value is -1.29. The third-order valence-electron chi connectivity index (χ3n) is 4.22. The Morgan fingerprint density at radius 2 is 1.74 bits per heavy atom. The van der Waals surface area contributed by atoms with Gasteiger partial charge in [0.1, 0.15) is 12.6 Å². The zero-order chi connectivity index (χ0) is 16.2. The van der Waals surface area contributed by atoms with E-state index in [-0.39, 0.29) is 18.5 Å².